The Morgan fingerprint density at radius 3 is 2.30 bits per heavy atom. The first kappa shape index (κ1) is 29.9. The van der Waals surface area contributed by atoms with Gasteiger partial charge in [0.05, 0.1) is 4.90 Å². The Morgan fingerprint density at radius 2 is 1.66 bits per heavy atom. The maximum Gasteiger partial charge on any atom is 0.410 e. The first-order valence-corrected chi connectivity index (χ1v) is 16.4. The van der Waals surface area contributed by atoms with Gasteiger partial charge in [-0.25, -0.2) is 22.2 Å². The summed E-state index contributed by atoms with van der Waals surface area (Å²) < 4.78 is 35.1. The topological polar surface area (TPSA) is 107 Å². The summed E-state index contributed by atoms with van der Waals surface area (Å²) >= 11 is 0. The average Bonchev–Trinajstić information content (AvgIpc) is 3.61. The van der Waals surface area contributed by atoms with E-state index in [2.05, 4.69) is 4.90 Å². The third kappa shape index (κ3) is 5.49. The Kier molecular flexibility index (Phi) is 7.34. The van der Waals surface area contributed by atoms with Crippen LogP contribution in [0.2, 0.25) is 0 Å². The van der Waals surface area contributed by atoms with E-state index in [1.165, 1.54) is 10.8 Å². The molecular weight excluding hydrogens is 578 g/mol. The molecule has 1 amide bonds. The minimum absolute atomic E-state index is 0.105. The Balaban J connectivity index is 1.22. The van der Waals surface area contributed by atoms with Crippen molar-refractivity contribution in [3.8, 4) is 11.1 Å². The Bertz CT molecular complexity index is 1880. The molecule has 0 saturated carbocycles. The van der Waals surface area contributed by atoms with E-state index in [0.29, 0.717) is 18.5 Å². The number of amides is 1. The second kappa shape index (κ2) is 10.8. The standard InChI is InChI=1S/C33H39N5O5S/c1-23-6-9-25(10-7-23)44(41,42)38-16-12-26-27(21-35(5)30(39)29(26)38)24-8-11-28(34-20-24)37-19-15-33(22-37)13-17-36(18-14-33)31(40)43-32(2,3)4/h6-12,16,20-21H,13-15,17-19,22H2,1-5H3. The molecule has 232 valence electrons. The number of aromatic nitrogens is 3. The van der Waals surface area contributed by atoms with Gasteiger partial charge in [0.2, 0.25) is 0 Å². The van der Waals surface area contributed by atoms with Gasteiger partial charge >= 0.3 is 6.09 Å². The fourth-order valence-electron chi connectivity index (χ4n) is 6.35. The zero-order valence-electron chi connectivity index (χ0n) is 25.9. The molecule has 2 saturated heterocycles. The van der Waals surface area contributed by atoms with Crippen molar-refractivity contribution in [1.82, 2.24) is 18.4 Å². The van der Waals surface area contributed by atoms with Crippen molar-refractivity contribution >= 4 is 32.8 Å². The van der Waals surface area contributed by atoms with Crippen molar-refractivity contribution in [2.24, 2.45) is 12.5 Å². The summed E-state index contributed by atoms with van der Waals surface area (Å²) in [6.07, 6.45) is 7.63. The van der Waals surface area contributed by atoms with E-state index in [4.69, 9.17) is 9.72 Å². The number of hydrogen-bond acceptors (Lipinski definition) is 7. The van der Waals surface area contributed by atoms with Crippen LogP contribution in [0.5, 0.6) is 0 Å². The van der Waals surface area contributed by atoms with Crippen LogP contribution in [-0.2, 0) is 21.8 Å². The normalized spacial score (nSPS) is 17.0. The molecule has 1 aromatic carbocycles. The first-order valence-electron chi connectivity index (χ1n) is 15.0. The molecule has 0 aliphatic carbocycles. The SMILES string of the molecule is Cc1ccc(S(=O)(=O)n2ccc3c(-c4ccc(N5CCC6(CCN(C(=O)OC(C)(C)C)CC6)C5)nc4)cn(C)c(=O)c32)cc1. The van der Waals surface area contributed by atoms with E-state index in [0.717, 1.165) is 58.8 Å². The molecule has 44 heavy (non-hydrogen) atoms. The van der Waals surface area contributed by atoms with Gasteiger partial charge in [-0.3, -0.25) is 4.79 Å². The van der Waals surface area contributed by atoms with Gasteiger partial charge in [-0.1, -0.05) is 17.7 Å². The Morgan fingerprint density at radius 1 is 0.977 bits per heavy atom. The van der Waals surface area contributed by atoms with Gasteiger partial charge in [0.1, 0.15) is 16.9 Å². The molecule has 3 aromatic heterocycles. The fraction of sp³-hybridized carbons (Fsp3) is 0.424. The number of ether oxygens (including phenoxy) is 1. The van der Waals surface area contributed by atoms with Gasteiger partial charge in [-0.2, -0.15) is 0 Å². The van der Waals surface area contributed by atoms with E-state index < -0.39 is 21.2 Å². The van der Waals surface area contributed by atoms with Crippen molar-refractivity contribution in [3.63, 3.8) is 0 Å². The molecule has 2 aliphatic rings. The molecule has 0 atom stereocenters. The molecule has 0 N–H and O–H groups in total. The van der Waals surface area contributed by atoms with Gasteiger partial charge in [-0.05, 0) is 82.7 Å². The summed E-state index contributed by atoms with van der Waals surface area (Å²) in [4.78, 5) is 34.8. The van der Waals surface area contributed by atoms with Crippen molar-refractivity contribution in [1.29, 1.82) is 0 Å². The van der Waals surface area contributed by atoms with Crippen LogP contribution < -0.4 is 10.5 Å². The number of nitrogens with zero attached hydrogens (tertiary/aromatic N) is 5. The van der Waals surface area contributed by atoms with E-state index in [1.807, 2.05) is 44.7 Å². The minimum Gasteiger partial charge on any atom is -0.444 e. The maximum absolute atomic E-state index is 13.5. The number of likely N-dealkylation sites (tertiary alicyclic amines) is 1. The second-order valence-corrected chi connectivity index (χ2v) is 15.0. The highest BCUT2D eigenvalue weighted by atomic mass is 32.2. The second-order valence-electron chi connectivity index (χ2n) is 13.2. The average molecular weight is 618 g/mol. The number of piperidine rings is 1. The van der Waals surface area contributed by atoms with Crippen LogP contribution in [-0.4, -0.2) is 64.7 Å². The summed E-state index contributed by atoms with van der Waals surface area (Å²) in [6, 6.07) is 12.2. The lowest BCUT2D eigenvalue weighted by Gasteiger charge is -2.39. The highest BCUT2D eigenvalue weighted by Gasteiger charge is 2.42. The predicted molar refractivity (Wildman–Crippen MR) is 170 cm³/mol. The minimum atomic E-state index is -3.97. The lowest BCUT2D eigenvalue weighted by atomic mass is 9.78. The van der Waals surface area contributed by atoms with E-state index in [9.17, 15) is 18.0 Å². The van der Waals surface area contributed by atoms with Gasteiger partial charge in [0.25, 0.3) is 15.6 Å². The summed E-state index contributed by atoms with van der Waals surface area (Å²) in [7, 11) is -2.35. The van der Waals surface area contributed by atoms with Gasteiger partial charge in [-0.15, -0.1) is 0 Å². The van der Waals surface area contributed by atoms with Gasteiger partial charge < -0.3 is 19.1 Å². The molecule has 0 radical (unpaired) electrons. The number of aryl methyl sites for hydroxylation is 2. The number of pyridine rings is 2. The van der Waals surface area contributed by atoms with E-state index >= 15 is 0 Å². The van der Waals surface area contributed by atoms with Crippen molar-refractivity contribution < 1.29 is 17.9 Å². The number of carbonyl (C=O) groups is 1. The number of fused-ring (bicyclic) bond motifs is 1. The van der Waals surface area contributed by atoms with Gasteiger partial charge in [0, 0.05) is 68.3 Å². The highest BCUT2D eigenvalue weighted by molar-refractivity contribution is 7.90. The highest BCUT2D eigenvalue weighted by Crippen LogP contribution is 2.42. The van der Waals surface area contributed by atoms with Crippen molar-refractivity contribution in [3.05, 3.63) is 77.0 Å². The summed E-state index contributed by atoms with van der Waals surface area (Å²) in [5.74, 6) is 0.876. The molecule has 11 heteroatoms. The lowest BCUT2D eigenvalue weighted by molar-refractivity contribution is 0.0122. The third-order valence-electron chi connectivity index (χ3n) is 8.86. The number of benzene rings is 1. The number of anilines is 1. The first-order chi connectivity index (χ1) is 20.8. The Labute approximate surface area is 257 Å². The zero-order valence-corrected chi connectivity index (χ0v) is 26.7. The van der Waals surface area contributed by atoms with Crippen LogP contribution in [0.25, 0.3) is 22.0 Å². The molecule has 0 bridgehead atoms. The summed E-state index contributed by atoms with van der Waals surface area (Å²) in [6.45, 7) is 10.7. The van der Waals surface area contributed by atoms with E-state index in [1.54, 1.807) is 49.8 Å². The molecule has 1 spiro atoms. The van der Waals surface area contributed by atoms with Gasteiger partial charge in [0.15, 0.2) is 0 Å². The number of hydrogen-bond donors (Lipinski definition) is 0. The number of carbonyl (C=O) groups excluding carboxylic acids is 1. The fourth-order valence-corrected chi connectivity index (χ4v) is 7.69. The van der Waals surface area contributed by atoms with Crippen LogP contribution in [0.4, 0.5) is 10.6 Å². The predicted octanol–water partition coefficient (Wildman–Crippen LogP) is 5.17. The molecular formula is C33H39N5O5S. The quantitative estimate of drug-likeness (QED) is 0.311. The van der Waals surface area contributed by atoms with Crippen LogP contribution in [0, 0.1) is 12.3 Å². The molecule has 2 fully saturated rings. The molecule has 10 nitrogen and oxygen atoms in total. The molecule has 2 aliphatic heterocycles. The molecule has 4 aromatic rings. The summed E-state index contributed by atoms with van der Waals surface area (Å²) in [5, 5.41) is 0.551. The van der Waals surface area contributed by atoms with Crippen molar-refractivity contribution in [2.45, 2.75) is 57.5 Å². The maximum atomic E-state index is 13.5. The lowest BCUT2D eigenvalue weighted by Crippen LogP contribution is -2.46. The zero-order chi connectivity index (χ0) is 31.4. The third-order valence-corrected chi connectivity index (χ3v) is 10.6. The summed E-state index contributed by atoms with van der Waals surface area (Å²) in [5.41, 5.74) is 1.82. The van der Waals surface area contributed by atoms with E-state index in [-0.39, 0.29) is 21.9 Å². The van der Waals surface area contributed by atoms with Crippen LogP contribution in [0.15, 0.2) is 70.7 Å². The largest absolute Gasteiger partial charge is 0.444 e. The molecule has 0 unspecified atom stereocenters. The number of rotatable bonds is 4. The molecule has 5 heterocycles. The Hall–Kier alpha value is -4.12. The van der Waals surface area contributed by atoms with Crippen LogP contribution >= 0.6 is 0 Å². The smallest absolute Gasteiger partial charge is 0.410 e. The molecule has 6 rings (SSSR count). The monoisotopic (exact) mass is 617 g/mol. The van der Waals surface area contributed by atoms with Crippen LogP contribution in [0.3, 0.4) is 0 Å². The van der Waals surface area contributed by atoms with Crippen LogP contribution in [0.1, 0.15) is 45.6 Å². The van der Waals surface area contributed by atoms with Crippen molar-refractivity contribution in [2.75, 3.05) is 31.1 Å².